The molecule has 1 amide bonds. The Morgan fingerprint density at radius 2 is 1.87 bits per heavy atom. The van der Waals surface area contributed by atoms with E-state index in [1.165, 1.54) is 22.5 Å². The number of anilines is 1. The third kappa shape index (κ3) is 5.74. The van der Waals surface area contributed by atoms with Crippen LogP contribution in [0.1, 0.15) is 24.0 Å². The number of nitrogens with zero attached hydrogens (tertiary/aromatic N) is 2. The van der Waals surface area contributed by atoms with Gasteiger partial charge >= 0.3 is 0 Å². The van der Waals surface area contributed by atoms with Gasteiger partial charge in [-0.05, 0) is 43.0 Å². The number of non-ortho nitro benzene ring substituents is 1. The fourth-order valence-electron chi connectivity index (χ4n) is 3.42. The maximum Gasteiger partial charge on any atom is 0.271 e. The first kappa shape index (κ1) is 23.5. The molecule has 1 aliphatic heterocycles. The van der Waals surface area contributed by atoms with E-state index in [4.69, 9.17) is 23.2 Å². The molecule has 1 heterocycles. The van der Waals surface area contributed by atoms with Crippen LogP contribution in [0, 0.1) is 23.0 Å². The highest BCUT2D eigenvalue weighted by Gasteiger charge is 2.31. The third-order valence-corrected chi connectivity index (χ3v) is 7.68. The van der Waals surface area contributed by atoms with Crippen molar-refractivity contribution in [2.24, 2.45) is 5.92 Å². The molecule has 166 valence electrons. The number of hydrogen-bond acceptors (Lipinski definition) is 5. The number of carbonyl (C=O) groups excluding carboxylic acids is 1. The summed E-state index contributed by atoms with van der Waals surface area (Å²) in [6.07, 6.45) is 0.709. The first-order chi connectivity index (χ1) is 14.6. The zero-order valence-corrected chi connectivity index (χ0v) is 19.0. The average Bonchev–Trinajstić information content (AvgIpc) is 2.71. The van der Waals surface area contributed by atoms with Crippen molar-refractivity contribution in [2.75, 3.05) is 18.4 Å². The van der Waals surface area contributed by atoms with Crippen LogP contribution in [0.2, 0.25) is 10.0 Å². The van der Waals surface area contributed by atoms with Crippen LogP contribution in [-0.4, -0.2) is 36.6 Å². The lowest BCUT2D eigenvalue weighted by atomic mass is 9.97. The molecule has 1 saturated heterocycles. The molecule has 0 spiro atoms. The maximum atomic E-state index is 12.8. The van der Waals surface area contributed by atoms with Gasteiger partial charge in [0.2, 0.25) is 15.9 Å². The Bertz CT molecular complexity index is 1120. The van der Waals surface area contributed by atoms with Crippen LogP contribution in [0.4, 0.5) is 11.4 Å². The second-order valence-electron chi connectivity index (χ2n) is 7.41. The van der Waals surface area contributed by atoms with Gasteiger partial charge in [0.15, 0.2) is 0 Å². The fraction of sp³-hybridized carbons (Fsp3) is 0.350. The van der Waals surface area contributed by atoms with E-state index in [2.05, 4.69) is 5.32 Å². The topological polar surface area (TPSA) is 110 Å². The molecular formula is C20H21Cl2N3O5S. The molecule has 3 rings (SSSR count). The van der Waals surface area contributed by atoms with Gasteiger partial charge in [-0.1, -0.05) is 35.3 Å². The summed E-state index contributed by atoms with van der Waals surface area (Å²) in [4.78, 5) is 23.1. The minimum Gasteiger partial charge on any atom is -0.325 e. The first-order valence-corrected chi connectivity index (χ1v) is 11.9. The average molecular weight is 486 g/mol. The van der Waals surface area contributed by atoms with Crippen LogP contribution >= 0.6 is 23.2 Å². The van der Waals surface area contributed by atoms with Crippen LogP contribution in [-0.2, 0) is 20.6 Å². The monoisotopic (exact) mass is 485 g/mol. The Morgan fingerprint density at radius 3 is 2.48 bits per heavy atom. The van der Waals surface area contributed by atoms with E-state index in [0.717, 1.165) is 0 Å². The van der Waals surface area contributed by atoms with Gasteiger partial charge in [0.25, 0.3) is 5.69 Å². The summed E-state index contributed by atoms with van der Waals surface area (Å²) in [7, 11) is -3.60. The molecule has 11 heteroatoms. The molecule has 0 saturated carbocycles. The van der Waals surface area contributed by atoms with Crippen molar-refractivity contribution in [3.8, 4) is 0 Å². The molecule has 0 aromatic heterocycles. The van der Waals surface area contributed by atoms with Crippen molar-refractivity contribution in [1.82, 2.24) is 4.31 Å². The molecule has 0 bridgehead atoms. The summed E-state index contributed by atoms with van der Waals surface area (Å²) in [5, 5.41) is 14.4. The van der Waals surface area contributed by atoms with Crippen LogP contribution < -0.4 is 5.32 Å². The van der Waals surface area contributed by atoms with E-state index in [0.29, 0.717) is 34.7 Å². The highest BCUT2D eigenvalue weighted by atomic mass is 35.5. The predicted octanol–water partition coefficient (Wildman–Crippen LogP) is 4.39. The lowest BCUT2D eigenvalue weighted by Gasteiger charge is -2.30. The summed E-state index contributed by atoms with van der Waals surface area (Å²) in [5.74, 6) is -0.905. The van der Waals surface area contributed by atoms with Gasteiger partial charge < -0.3 is 5.32 Å². The molecule has 1 fully saturated rings. The molecule has 0 radical (unpaired) electrons. The van der Waals surface area contributed by atoms with Gasteiger partial charge in [-0.15, -0.1) is 0 Å². The summed E-state index contributed by atoms with van der Waals surface area (Å²) < 4.78 is 26.9. The number of piperidine rings is 1. The predicted molar refractivity (Wildman–Crippen MR) is 120 cm³/mol. The fourth-order valence-corrected chi connectivity index (χ4v) is 5.56. The number of nitro groups is 1. The van der Waals surface area contributed by atoms with E-state index >= 15 is 0 Å². The van der Waals surface area contributed by atoms with Crippen molar-refractivity contribution >= 4 is 50.5 Å². The van der Waals surface area contributed by atoms with E-state index in [-0.39, 0.29) is 41.4 Å². The number of benzene rings is 2. The number of rotatable bonds is 6. The normalized spacial score (nSPS) is 15.6. The third-order valence-electron chi connectivity index (χ3n) is 5.26. The van der Waals surface area contributed by atoms with Gasteiger partial charge in [-0.2, -0.15) is 0 Å². The highest BCUT2D eigenvalue weighted by molar-refractivity contribution is 7.88. The maximum absolute atomic E-state index is 12.8. The summed E-state index contributed by atoms with van der Waals surface area (Å²) in [5.41, 5.74) is 1.44. The number of carbonyl (C=O) groups is 1. The van der Waals surface area contributed by atoms with E-state index in [9.17, 15) is 23.3 Å². The molecule has 31 heavy (non-hydrogen) atoms. The quantitative estimate of drug-likeness (QED) is 0.481. The zero-order chi connectivity index (χ0) is 22.8. The Labute approximate surface area is 190 Å². The molecule has 1 aliphatic rings. The molecule has 2 aromatic rings. The lowest BCUT2D eigenvalue weighted by molar-refractivity contribution is -0.384. The Balaban J connectivity index is 1.61. The number of aryl methyl sites for hydroxylation is 1. The molecule has 2 aromatic carbocycles. The standard InChI is InChI=1S/C20H21Cl2N3O5S/c1-13-2-5-17(25(27)28)11-19(13)23-20(26)14-6-8-24(9-7-14)31(29,30)12-15-3-4-16(21)10-18(15)22/h2-5,10-11,14H,6-9,12H2,1H3,(H,23,26). The Hall–Kier alpha value is -2.20. The zero-order valence-electron chi connectivity index (χ0n) is 16.7. The smallest absolute Gasteiger partial charge is 0.271 e. The molecule has 1 N–H and O–H groups in total. The van der Waals surface area contributed by atoms with Crippen LogP contribution in [0.5, 0.6) is 0 Å². The van der Waals surface area contributed by atoms with E-state index in [1.54, 1.807) is 25.1 Å². The number of nitrogens with one attached hydrogen (secondary N) is 1. The molecule has 8 nitrogen and oxygen atoms in total. The molecule has 0 atom stereocenters. The van der Waals surface area contributed by atoms with Gasteiger partial charge in [-0.25, -0.2) is 12.7 Å². The van der Waals surface area contributed by atoms with Crippen molar-refractivity contribution in [3.05, 3.63) is 67.7 Å². The van der Waals surface area contributed by atoms with Crippen LogP contribution in [0.25, 0.3) is 0 Å². The number of hydrogen-bond donors (Lipinski definition) is 1. The molecular weight excluding hydrogens is 465 g/mol. The summed E-state index contributed by atoms with van der Waals surface area (Å²) in [6, 6.07) is 8.95. The van der Waals surface area contributed by atoms with Gasteiger partial charge in [-0.3, -0.25) is 14.9 Å². The van der Waals surface area contributed by atoms with Gasteiger partial charge in [0.05, 0.1) is 16.4 Å². The minimum absolute atomic E-state index is 0.109. The first-order valence-electron chi connectivity index (χ1n) is 9.54. The lowest BCUT2D eigenvalue weighted by Crippen LogP contribution is -2.42. The van der Waals surface area contributed by atoms with Gasteiger partial charge in [0, 0.05) is 41.2 Å². The second kappa shape index (κ2) is 9.52. The van der Waals surface area contributed by atoms with Crippen molar-refractivity contribution in [1.29, 1.82) is 0 Å². The summed E-state index contributed by atoms with van der Waals surface area (Å²) in [6.45, 7) is 2.16. The van der Waals surface area contributed by atoms with E-state index in [1.807, 2.05) is 0 Å². The Kier molecular flexibility index (Phi) is 7.20. The van der Waals surface area contributed by atoms with Gasteiger partial charge in [0.1, 0.15) is 0 Å². The molecule has 0 unspecified atom stereocenters. The molecule has 0 aliphatic carbocycles. The van der Waals surface area contributed by atoms with Crippen LogP contribution in [0.3, 0.4) is 0 Å². The van der Waals surface area contributed by atoms with Crippen molar-refractivity contribution in [2.45, 2.75) is 25.5 Å². The van der Waals surface area contributed by atoms with E-state index < -0.39 is 14.9 Å². The summed E-state index contributed by atoms with van der Waals surface area (Å²) >= 11 is 12.0. The largest absolute Gasteiger partial charge is 0.325 e. The number of nitro benzene ring substituents is 1. The number of sulfonamides is 1. The van der Waals surface area contributed by atoms with Crippen molar-refractivity contribution in [3.63, 3.8) is 0 Å². The minimum atomic E-state index is -3.60. The van der Waals surface area contributed by atoms with Crippen LogP contribution in [0.15, 0.2) is 36.4 Å². The highest BCUT2D eigenvalue weighted by Crippen LogP contribution is 2.28. The van der Waals surface area contributed by atoms with Crippen molar-refractivity contribution < 1.29 is 18.1 Å². The second-order valence-corrected chi connectivity index (χ2v) is 10.2. The SMILES string of the molecule is Cc1ccc([N+](=O)[O-])cc1NC(=O)C1CCN(S(=O)(=O)Cc2ccc(Cl)cc2Cl)CC1. The number of amides is 1. The Morgan fingerprint density at radius 1 is 1.19 bits per heavy atom. The number of halogens is 2.